The molecule has 0 saturated carbocycles. The van der Waals surface area contributed by atoms with Crippen molar-refractivity contribution in [2.45, 2.75) is 45.1 Å². The molecule has 0 aromatic rings. The van der Waals surface area contributed by atoms with E-state index in [-0.39, 0.29) is 42.6 Å². The van der Waals surface area contributed by atoms with Crippen molar-refractivity contribution in [3.05, 3.63) is 0 Å². The summed E-state index contributed by atoms with van der Waals surface area (Å²) >= 11 is 0. The van der Waals surface area contributed by atoms with E-state index in [1.807, 2.05) is 13.8 Å². The van der Waals surface area contributed by atoms with Crippen molar-refractivity contribution in [1.29, 1.82) is 0 Å². The van der Waals surface area contributed by atoms with Gasteiger partial charge in [-0.1, -0.05) is 13.8 Å². The van der Waals surface area contributed by atoms with Crippen molar-refractivity contribution in [2.24, 2.45) is 5.73 Å². The van der Waals surface area contributed by atoms with Crippen molar-refractivity contribution in [3.8, 4) is 0 Å². The van der Waals surface area contributed by atoms with Gasteiger partial charge in [-0.05, 0) is 19.3 Å². The summed E-state index contributed by atoms with van der Waals surface area (Å²) in [5.74, 6) is 0.0606. The van der Waals surface area contributed by atoms with Gasteiger partial charge in [0, 0.05) is 31.6 Å². The van der Waals surface area contributed by atoms with Crippen LogP contribution < -0.4 is 11.1 Å². The molecule has 0 unspecified atom stereocenters. The standard InChI is InChI=1S/C12H25N3O3S.ClH/c1-3-12(13,4-2)10-14-11(16)6-8-15-7-5-9-19(15,17)18;/h3-10,13H2,1-2H3,(H,14,16);1H. The van der Waals surface area contributed by atoms with Gasteiger partial charge in [0.2, 0.25) is 15.9 Å². The number of carbonyl (C=O) groups excluding carboxylic acids is 1. The van der Waals surface area contributed by atoms with E-state index < -0.39 is 10.0 Å². The SMILES string of the molecule is CCC(N)(CC)CNC(=O)CCN1CCCS1(=O)=O.Cl. The number of amides is 1. The van der Waals surface area contributed by atoms with Crippen LogP contribution in [0.1, 0.15) is 39.5 Å². The minimum absolute atomic E-state index is 0. The molecule has 3 N–H and O–H groups in total. The summed E-state index contributed by atoms with van der Waals surface area (Å²) in [6.45, 7) is 5.22. The molecule has 1 fully saturated rings. The Bertz CT molecular complexity index is 410. The van der Waals surface area contributed by atoms with Crippen molar-refractivity contribution < 1.29 is 13.2 Å². The van der Waals surface area contributed by atoms with Crippen molar-refractivity contribution in [1.82, 2.24) is 9.62 Å². The van der Waals surface area contributed by atoms with Crippen LogP contribution in [-0.2, 0) is 14.8 Å². The number of rotatable bonds is 7. The number of nitrogens with two attached hydrogens (primary N) is 1. The molecule has 1 amide bonds. The largest absolute Gasteiger partial charge is 0.354 e. The molecule has 1 aliphatic heterocycles. The number of halogens is 1. The average molecular weight is 328 g/mol. The Balaban J connectivity index is 0.00000361. The van der Waals surface area contributed by atoms with Crippen LogP contribution in [0.2, 0.25) is 0 Å². The maximum atomic E-state index is 11.7. The van der Waals surface area contributed by atoms with Crippen LogP contribution in [0.15, 0.2) is 0 Å². The highest BCUT2D eigenvalue weighted by Crippen LogP contribution is 2.13. The Morgan fingerprint density at radius 1 is 1.35 bits per heavy atom. The lowest BCUT2D eigenvalue weighted by atomic mass is 9.94. The molecular weight excluding hydrogens is 302 g/mol. The second kappa shape index (κ2) is 8.17. The molecule has 0 bridgehead atoms. The number of hydrogen-bond donors (Lipinski definition) is 2. The topological polar surface area (TPSA) is 92.5 Å². The smallest absolute Gasteiger partial charge is 0.221 e. The minimum Gasteiger partial charge on any atom is -0.354 e. The fraction of sp³-hybridized carbons (Fsp3) is 0.917. The molecule has 0 atom stereocenters. The van der Waals surface area contributed by atoms with Gasteiger partial charge < -0.3 is 11.1 Å². The lowest BCUT2D eigenvalue weighted by Crippen LogP contribution is -2.49. The summed E-state index contributed by atoms with van der Waals surface area (Å²) in [6.07, 6.45) is 2.44. The van der Waals surface area contributed by atoms with Crippen LogP contribution in [0.4, 0.5) is 0 Å². The summed E-state index contributed by atoms with van der Waals surface area (Å²) in [5.41, 5.74) is 5.72. The first-order chi connectivity index (χ1) is 8.83. The molecule has 1 saturated heterocycles. The minimum atomic E-state index is -3.11. The Labute approximate surface area is 127 Å². The third kappa shape index (κ3) is 5.55. The van der Waals surface area contributed by atoms with Crippen LogP contribution in [-0.4, -0.2) is 49.6 Å². The fourth-order valence-corrected chi connectivity index (χ4v) is 3.56. The van der Waals surface area contributed by atoms with Crippen LogP contribution in [0, 0.1) is 0 Å². The molecule has 0 aromatic carbocycles. The molecule has 1 aliphatic rings. The summed E-state index contributed by atoms with van der Waals surface area (Å²) in [4.78, 5) is 11.7. The van der Waals surface area contributed by atoms with E-state index in [1.165, 1.54) is 4.31 Å². The average Bonchev–Trinajstić information content (AvgIpc) is 2.72. The third-order valence-corrected chi connectivity index (χ3v) is 5.79. The number of nitrogens with one attached hydrogen (secondary N) is 1. The zero-order valence-electron chi connectivity index (χ0n) is 12.2. The predicted molar refractivity (Wildman–Crippen MR) is 82.4 cm³/mol. The highest BCUT2D eigenvalue weighted by atomic mass is 35.5. The second-order valence-corrected chi connectivity index (χ2v) is 7.25. The van der Waals surface area contributed by atoms with Crippen molar-refractivity contribution in [3.63, 3.8) is 0 Å². The number of nitrogens with zero attached hydrogens (tertiary/aromatic N) is 1. The quantitative estimate of drug-likeness (QED) is 0.711. The zero-order valence-corrected chi connectivity index (χ0v) is 13.9. The van der Waals surface area contributed by atoms with Crippen LogP contribution in [0.3, 0.4) is 0 Å². The van der Waals surface area contributed by atoms with Gasteiger partial charge in [0.1, 0.15) is 0 Å². The van der Waals surface area contributed by atoms with E-state index in [4.69, 9.17) is 5.73 Å². The van der Waals surface area contributed by atoms with E-state index >= 15 is 0 Å². The van der Waals surface area contributed by atoms with Gasteiger partial charge in [-0.3, -0.25) is 4.79 Å². The van der Waals surface area contributed by atoms with Gasteiger partial charge in [-0.15, -0.1) is 12.4 Å². The molecule has 20 heavy (non-hydrogen) atoms. The first kappa shape index (κ1) is 19.6. The first-order valence-electron chi connectivity index (χ1n) is 6.86. The van der Waals surface area contributed by atoms with E-state index in [0.717, 1.165) is 12.8 Å². The fourth-order valence-electron chi connectivity index (χ4n) is 2.03. The summed E-state index contributed by atoms with van der Waals surface area (Å²) in [6, 6.07) is 0. The summed E-state index contributed by atoms with van der Waals surface area (Å²) in [7, 11) is -3.11. The molecule has 0 aromatic heterocycles. The van der Waals surface area contributed by atoms with E-state index in [1.54, 1.807) is 0 Å². The zero-order chi connectivity index (χ0) is 14.5. The van der Waals surface area contributed by atoms with Gasteiger partial charge in [0.05, 0.1) is 5.75 Å². The van der Waals surface area contributed by atoms with Crippen LogP contribution in [0.5, 0.6) is 0 Å². The van der Waals surface area contributed by atoms with Gasteiger partial charge in [0.15, 0.2) is 0 Å². The van der Waals surface area contributed by atoms with Crippen molar-refractivity contribution in [2.75, 3.05) is 25.4 Å². The van der Waals surface area contributed by atoms with E-state index in [0.29, 0.717) is 19.5 Å². The highest BCUT2D eigenvalue weighted by molar-refractivity contribution is 7.89. The molecule has 1 heterocycles. The summed E-state index contributed by atoms with van der Waals surface area (Å²) in [5, 5.41) is 2.79. The number of sulfonamides is 1. The molecule has 0 aliphatic carbocycles. The first-order valence-corrected chi connectivity index (χ1v) is 8.47. The second-order valence-electron chi connectivity index (χ2n) is 5.16. The van der Waals surface area contributed by atoms with Gasteiger partial charge in [-0.25, -0.2) is 12.7 Å². The van der Waals surface area contributed by atoms with Gasteiger partial charge >= 0.3 is 0 Å². The van der Waals surface area contributed by atoms with Crippen molar-refractivity contribution >= 4 is 28.3 Å². The number of hydrogen-bond acceptors (Lipinski definition) is 4. The Kier molecular flexibility index (Phi) is 8.01. The lowest BCUT2D eigenvalue weighted by molar-refractivity contribution is -0.121. The molecule has 0 radical (unpaired) electrons. The maximum Gasteiger partial charge on any atom is 0.221 e. The highest BCUT2D eigenvalue weighted by Gasteiger charge is 2.28. The molecular formula is C12H26ClN3O3S. The van der Waals surface area contributed by atoms with E-state index in [9.17, 15) is 13.2 Å². The molecule has 0 spiro atoms. The van der Waals surface area contributed by atoms with Crippen LogP contribution in [0.25, 0.3) is 0 Å². The van der Waals surface area contributed by atoms with Gasteiger partial charge in [-0.2, -0.15) is 0 Å². The Morgan fingerprint density at radius 2 is 1.95 bits per heavy atom. The predicted octanol–water partition coefficient (Wildman–Crippen LogP) is 0.468. The van der Waals surface area contributed by atoms with Gasteiger partial charge in [0.25, 0.3) is 0 Å². The normalized spacial score (nSPS) is 18.6. The Morgan fingerprint density at radius 3 is 2.40 bits per heavy atom. The van der Waals surface area contributed by atoms with E-state index in [2.05, 4.69) is 5.32 Å². The molecule has 1 rings (SSSR count). The summed E-state index contributed by atoms with van der Waals surface area (Å²) < 4.78 is 24.5. The molecule has 120 valence electrons. The number of carbonyl (C=O) groups is 1. The Hall–Kier alpha value is -0.370. The third-order valence-electron chi connectivity index (χ3n) is 3.84. The molecule has 8 heteroatoms. The maximum absolute atomic E-state index is 11.7. The van der Waals surface area contributed by atoms with Crippen LogP contribution >= 0.6 is 12.4 Å². The lowest BCUT2D eigenvalue weighted by Gasteiger charge is -2.27. The molecule has 6 nitrogen and oxygen atoms in total. The monoisotopic (exact) mass is 327 g/mol.